The third kappa shape index (κ3) is 7.44. The molecular weight excluding hydrogens is 530 g/mol. The number of likely N-dealkylation sites (tertiary alicyclic amines) is 1. The van der Waals surface area contributed by atoms with Crippen LogP contribution < -0.4 is 10.5 Å². The summed E-state index contributed by atoms with van der Waals surface area (Å²) in [5, 5.41) is 0.769. The number of amides is 1. The number of hydrogen-bond donors (Lipinski definition) is 1. The van der Waals surface area contributed by atoms with Crippen molar-refractivity contribution in [2.75, 3.05) is 19.6 Å². The number of carbonyl (C=O) groups excluding carboxylic acids is 2. The molecule has 1 aliphatic heterocycles. The maximum absolute atomic E-state index is 11.4. The summed E-state index contributed by atoms with van der Waals surface area (Å²) in [6, 6.07) is 19.1. The van der Waals surface area contributed by atoms with Crippen LogP contribution >= 0.6 is 22.9 Å². The fourth-order valence-electron chi connectivity index (χ4n) is 4.67. The second-order valence-electron chi connectivity index (χ2n) is 10.0. The van der Waals surface area contributed by atoms with E-state index in [9.17, 15) is 9.59 Å². The summed E-state index contributed by atoms with van der Waals surface area (Å²) in [5.41, 5.74) is 11.3. The van der Waals surface area contributed by atoms with E-state index in [1.807, 2.05) is 29.8 Å². The van der Waals surface area contributed by atoms with E-state index < -0.39 is 11.7 Å². The van der Waals surface area contributed by atoms with Crippen molar-refractivity contribution in [1.82, 2.24) is 9.88 Å². The van der Waals surface area contributed by atoms with Gasteiger partial charge in [0.1, 0.15) is 5.75 Å². The topological polar surface area (TPSA) is 85.5 Å². The average molecular weight is 562 g/mol. The Balaban J connectivity index is 0.000000158. The van der Waals surface area contributed by atoms with Gasteiger partial charge >= 0.3 is 0 Å². The number of rotatable bonds is 9. The van der Waals surface area contributed by atoms with E-state index in [1.54, 1.807) is 35.6 Å². The highest BCUT2D eigenvalue weighted by molar-refractivity contribution is 7.16. The number of hydrogen-bond acceptors (Lipinski definition) is 6. The summed E-state index contributed by atoms with van der Waals surface area (Å²) in [6.45, 7) is 3.79. The molecule has 4 aromatic rings. The van der Waals surface area contributed by atoms with Crippen LogP contribution in [-0.4, -0.2) is 47.3 Å². The van der Waals surface area contributed by atoms with Crippen LogP contribution in [0.4, 0.5) is 0 Å². The number of Topliss-reactive ketones (excluding diaryl/α,β-unsaturated/α-hetero) is 1. The van der Waals surface area contributed by atoms with E-state index in [1.165, 1.54) is 57.3 Å². The van der Waals surface area contributed by atoms with Crippen molar-refractivity contribution in [1.29, 1.82) is 0 Å². The summed E-state index contributed by atoms with van der Waals surface area (Å²) in [4.78, 5) is 29.1. The van der Waals surface area contributed by atoms with Gasteiger partial charge in [-0.2, -0.15) is 0 Å². The largest absolute Gasteiger partial charge is 0.489 e. The van der Waals surface area contributed by atoms with Gasteiger partial charge in [0.2, 0.25) is 5.78 Å². The SMILES string of the molecule is Clc1cc(CCCN2CCCC2)ccc1OC1CC1.NC(=O)C(=O)c1ccc(-c2ccc3scnc3c2)cc1. The second-order valence-corrected chi connectivity index (χ2v) is 11.3. The van der Waals surface area contributed by atoms with E-state index in [2.05, 4.69) is 22.0 Å². The molecule has 0 atom stereocenters. The summed E-state index contributed by atoms with van der Waals surface area (Å²) in [5.74, 6) is -0.763. The zero-order valence-electron chi connectivity index (χ0n) is 21.8. The number of aryl methyl sites for hydroxylation is 1. The molecule has 202 valence electrons. The van der Waals surface area contributed by atoms with Gasteiger partial charge in [-0.05, 0) is 99.1 Å². The van der Waals surface area contributed by atoms with E-state index in [0.717, 1.165) is 38.5 Å². The van der Waals surface area contributed by atoms with Crippen molar-refractivity contribution in [2.24, 2.45) is 5.73 Å². The zero-order valence-corrected chi connectivity index (χ0v) is 23.3. The lowest BCUT2D eigenvalue weighted by Gasteiger charge is -2.14. The number of benzene rings is 3. The number of nitrogens with zero attached hydrogens (tertiary/aromatic N) is 2. The first-order valence-corrected chi connectivity index (χ1v) is 14.7. The van der Waals surface area contributed by atoms with Gasteiger partial charge in [0.05, 0.1) is 26.9 Å². The molecular formula is C31H32ClN3O3S. The number of nitrogens with two attached hydrogens (primary N) is 1. The predicted molar refractivity (Wildman–Crippen MR) is 158 cm³/mol. The predicted octanol–water partition coefficient (Wildman–Crippen LogP) is 6.54. The molecule has 1 saturated heterocycles. The molecule has 2 N–H and O–H groups in total. The number of ether oxygens (including phenoxy) is 1. The lowest BCUT2D eigenvalue weighted by molar-refractivity contribution is -0.114. The molecule has 0 bridgehead atoms. The molecule has 8 heteroatoms. The maximum Gasteiger partial charge on any atom is 0.289 e. The Kier molecular flexibility index (Phi) is 8.91. The first-order valence-electron chi connectivity index (χ1n) is 13.4. The van der Waals surface area contributed by atoms with Gasteiger partial charge in [-0.15, -0.1) is 11.3 Å². The Bertz CT molecular complexity index is 1440. The van der Waals surface area contributed by atoms with Gasteiger partial charge < -0.3 is 15.4 Å². The molecule has 6 rings (SSSR count). The van der Waals surface area contributed by atoms with Crippen molar-refractivity contribution >= 4 is 44.8 Å². The van der Waals surface area contributed by atoms with Crippen LogP contribution in [0.5, 0.6) is 5.75 Å². The molecule has 2 fully saturated rings. The van der Waals surface area contributed by atoms with Crippen molar-refractivity contribution in [2.45, 2.75) is 44.6 Å². The van der Waals surface area contributed by atoms with E-state index in [-0.39, 0.29) is 0 Å². The normalized spacial score (nSPS) is 15.1. The molecule has 0 radical (unpaired) electrons. The van der Waals surface area contributed by atoms with Gasteiger partial charge in [0, 0.05) is 5.56 Å². The first kappa shape index (κ1) is 27.3. The van der Waals surface area contributed by atoms with Crippen LogP contribution in [0.25, 0.3) is 21.3 Å². The minimum Gasteiger partial charge on any atom is -0.489 e. The Labute approximate surface area is 237 Å². The Morgan fingerprint density at radius 2 is 1.74 bits per heavy atom. The van der Waals surface area contributed by atoms with Gasteiger partial charge in [-0.1, -0.05) is 48.0 Å². The van der Waals surface area contributed by atoms with Crippen LogP contribution in [0.2, 0.25) is 5.02 Å². The fraction of sp³-hybridized carbons (Fsp3) is 0.323. The molecule has 2 aliphatic rings. The molecule has 0 spiro atoms. The summed E-state index contributed by atoms with van der Waals surface area (Å²) in [6.07, 6.45) is 7.84. The number of halogens is 1. The molecule has 3 aromatic carbocycles. The van der Waals surface area contributed by atoms with Crippen LogP contribution in [0.1, 0.15) is 48.0 Å². The zero-order chi connectivity index (χ0) is 27.2. The number of primary amides is 1. The van der Waals surface area contributed by atoms with Crippen molar-refractivity contribution in [3.63, 3.8) is 0 Å². The van der Waals surface area contributed by atoms with Gasteiger partial charge in [0.15, 0.2) is 0 Å². The molecule has 1 amide bonds. The molecule has 6 nitrogen and oxygen atoms in total. The minimum absolute atomic E-state index is 0.302. The highest BCUT2D eigenvalue weighted by Crippen LogP contribution is 2.32. The van der Waals surface area contributed by atoms with E-state index in [0.29, 0.717) is 11.7 Å². The van der Waals surface area contributed by atoms with Gasteiger partial charge in [-0.3, -0.25) is 9.59 Å². The smallest absolute Gasteiger partial charge is 0.289 e. The Hall–Kier alpha value is -3.26. The van der Waals surface area contributed by atoms with Crippen molar-refractivity contribution in [3.05, 3.63) is 82.3 Å². The molecule has 1 saturated carbocycles. The lowest BCUT2D eigenvalue weighted by Crippen LogP contribution is -2.22. The third-order valence-corrected chi connectivity index (χ3v) is 8.09. The quantitative estimate of drug-likeness (QED) is 0.185. The Morgan fingerprint density at radius 1 is 1.00 bits per heavy atom. The van der Waals surface area contributed by atoms with Crippen LogP contribution in [0, 0.1) is 0 Å². The van der Waals surface area contributed by atoms with Crippen molar-refractivity contribution in [3.8, 4) is 16.9 Å². The molecule has 39 heavy (non-hydrogen) atoms. The molecule has 0 unspecified atom stereocenters. The molecule has 1 aromatic heterocycles. The van der Waals surface area contributed by atoms with Crippen LogP contribution in [0.15, 0.2) is 66.2 Å². The maximum atomic E-state index is 11.4. The summed E-state index contributed by atoms with van der Waals surface area (Å²) < 4.78 is 6.89. The van der Waals surface area contributed by atoms with Crippen molar-refractivity contribution < 1.29 is 14.3 Å². The van der Waals surface area contributed by atoms with Crippen LogP contribution in [0.3, 0.4) is 0 Å². The minimum atomic E-state index is -0.943. The standard InChI is InChI=1S/C16H22ClNO.C15H10N2O2S/c17-15-12-13(4-3-11-18-9-1-2-10-18)5-8-16(15)19-14-6-7-14;16-15(19)14(18)10-3-1-9(2-4-10)11-5-6-13-12(7-11)17-8-20-13/h5,8,12,14H,1-4,6-7,9-11H2;1-8H,(H2,16,19). The number of fused-ring (bicyclic) bond motifs is 1. The number of carbonyl (C=O) groups is 2. The van der Waals surface area contributed by atoms with Gasteiger partial charge in [-0.25, -0.2) is 4.98 Å². The third-order valence-electron chi connectivity index (χ3n) is 6.99. The molecule has 1 aliphatic carbocycles. The van der Waals surface area contributed by atoms with Gasteiger partial charge in [0.25, 0.3) is 5.91 Å². The average Bonchev–Trinajstić information content (AvgIpc) is 3.39. The monoisotopic (exact) mass is 561 g/mol. The van der Waals surface area contributed by atoms with Crippen LogP contribution in [-0.2, 0) is 11.2 Å². The summed E-state index contributed by atoms with van der Waals surface area (Å²) in [7, 11) is 0. The summed E-state index contributed by atoms with van der Waals surface area (Å²) >= 11 is 7.87. The number of aromatic nitrogens is 1. The fourth-order valence-corrected chi connectivity index (χ4v) is 5.57. The number of ketones is 1. The highest BCUT2D eigenvalue weighted by Gasteiger charge is 2.24. The highest BCUT2D eigenvalue weighted by atomic mass is 35.5. The first-order chi connectivity index (χ1) is 19.0. The molecule has 2 heterocycles. The Morgan fingerprint density at radius 3 is 2.44 bits per heavy atom. The van der Waals surface area contributed by atoms with E-state index in [4.69, 9.17) is 22.1 Å². The van der Waals surface area contributed by atoms with E-state index >= 15 is 0 Å². The second kappa shape index (κ2) is 12.7. The number of thiazole rings is 1. The lowest BCUT2D eigenvalue weighted by atomic mass is 10.0.